The highest BCUT2D eigenvalue weighted by molar-refractivity contribution is 6.01. The smallest absolute Gasteiger partial charge is 0.222 e. The van der Waals surface area contributed by atoms with Crippen molar-refractivity contribution in [3.8, 4) is 5.88 Å². The molecule has 5 heteroatoms. The number of ether oxygens (including phenoxy) is 1. The zero-order chi connectivity index (χ0) is 10.0. The monoisotopic (exact) mass is 183 g/mol. The minimum atomic E-state index is -0.530. The Balaban J connectivity index is 3.07. The first-order valence-corrected chi connectivity index (χ1v) is 3.93. The van der Waals surface area contributed by atoms with Gasteiger partial charge in [0.05, 0.1) is 19.3 Å². The molecule has 1 aromatic heterocycles. The molecule has 1 heterocycles. The Kier molecular flexibility index (Phi) is 2.67. The highest BCUT2D eigenvalue weighted by atomic mass is 16.5. The van der Waals surface area contributed by atoms with Crippen LogP contribution in [0.5, 0.6) is 5.88 Å². The van der Waals surface area contributed by atoms with Crippen molar-refractivity contribution in [3.05, 3.63) is 11.8 Å². The van der Waals surface area contributed by atoms with Gasteiger partial charge in [-0.3, -0.25) is 4.79 Å². The van der Waals surface area contributed by atoms with Crippen LogP contribution in [0.1, 0.15) is 17.3 Å². The molecular formula is C8H13N3O2. The van der Waals surface area contributed by atoms with Gasteiger partial charge in [-0.1, -0.05) is 0 Å². The molecule has 2 N–H and O–H groups in total. The van der Waals surface area contributed by atoms with Crippen molar-refractivity contribution >= 4 is 5.78 Å². The lowest BCUT2D eigenvalue weighted by Gasteiger charge is -2.05. The number of hydrogen-bond acceptors (Lipinski definition) is 4. The molecule has 0 radical (unpaired) electrons. The van der Waals surface area contributed by atoms with E-state index in [1.54, 1.807) is 14.0 Å². The van der Waals surface area contributed by atoms with Crippen LogP contribution in [0.3, 0.4) is 0 Å². The van der Waals surface area contributed by atoms with Gasteiger partial charge in [-0.2, -0.15) is 5.10 Å². The SMILES string of the molecule is COc1c(C(=O)C(C)N)cnn1C. The second kappa shape index (κ2) is 3.57. The van der Waals surface area contributed by atoms with Crippen molar-refractivity contribution < 1.29 is 9.53 Å². The van der Waals surface area contributed by atoms with Gasteiger partial charge in [0.2, 0.25) is 5.88 Å². The lowest BCUT2D eigenvalue weighted by Crippen LogP contribution is -2.26. The maximum atomic E-state index is 11.5. The van der Waals surface area contributed by atoms with Gasteiger partial charge in [0, 0.05) is 7.05 Å². The number of carbonyl (C=O) groups excluding carboxylic acids is 1. The summed E-state index contributed by atoms with van der Waals surface area (Å²) in [6, 6.07) is -0.530. The predicted octanol–water partition coefficient (Wildman–Crippen LogP) is -0.0414. The van der Waals surface area contributed by atoms with Crippen molar-refractivity contribution in [3.63, 3.8) is 0 Å². The maximum Gasteiger partial charge on any atom is 0.222 e. The van der Waals surface area contributed by atoms with Crippen molar-refractivity contribution in [2.75, 3.05) is 7.11 Å². The van der Waals surface area contributed by atoms with Gasteiger partial charge in [-0.15, -0.1) is 0 Å². The number of hydrogen-bond donors (Lipinski definition) is 1. The van der Waals surface area contributed by atoms with Gasteiger partial charge in [0.15, 0.2) is 5.78 Å². The average Bonchev–Trinajstić information content (AvgIpc) is 2.45. The summed E-state index contributed by atoms with van der Waals surface area (Å²) in [4.78, 5) is 11.5. The fraction of sp³-hybridized carbons (Fsp3) is 0.500. The van der Waals surface area contributed by atoms with Crippen LogP contribution in [0.25, 0.3) is 0 Å². The molecule has 0 amide bonds. The molecule has 0 aliphatic carbocycles. The summed E-state index contributed by atoms with van der Waals surface area (Å²) in [6.45, 7) is 1.63. The van der Waals surface area contributed by atoms with Gasteiger partial charge in [0.25, 0.3) is 0 Å². The first-order valence-electron chi connectivity index (χ1n) is 3.93. The number of aromatic nitrogens is 2. The largest absolute Gasteiger partial charge is 0.481 e. The molecule has 13 heavy (non-hydrogen) atoms. The van der Waals surface area contributed by atoms with Crippen LogP contribution in [0.4, 0.5) is 0 Å². The van der Waals surface area contributed by atoms with E-state index in [2.05, 4.69) is 5.10 Å². The molecule has 0 aliphatic rings. The van der Waals surface area contributed by atoms with E-state index in [1.165, 1.54) is 18.0 Å². The number of rotatable bonds is 3. The van der Waals surface area contributed by atoms with Crippen LogP contribution in [-0.4, -0.2) is 28.7 Å². The lowest BCUT2D eigenvalue weighted by atomic mass is 10.1. The van der Waals surface area contributed by atoms with Crippen molar-refractivity contribution in [1.29, 1.82) is 0 Å². The minimum absolute atomic E-state index is 0.162. The Morgan fingerprint density at radius 1 is 1.77 bits per heavy atom. The third-order valence-corrected chi connectivity index (χ3v) is 1.76. The summed E-state index contributed by atoms with van der Waals surface area (Å²) in [5.41, 5.74) is 5.89. The van der Waals surface area contributed by atoms with Crippen molar-refractivity contribution in [2.45, 2.75) is 13.0 Å². The van der Waals surface area contributed by atoms with Crippen molar-refractivity contribution in [1.82, 2.24) is 9.78 Å². The summed E-state index contributed by atoms with van der Waals surface area (Å²) in [5, 5.41) is 3.91. The Bertz CT molecular complexity index is 317. The summed E-state index contributed by atoms with van der Waals surface area (Å²) < 4.78 is 6.51. The van der Waals surface area contributed by atoms with Crippen LogP contribution in [-0.2, 0) is 7.05 Å². The van der Waals surface area contributed by atoms with E-state index in [0.29, 0.717) is 11.4 Å². The Labute approximate surface area is 76.5 Å². The number of aryl methyl sites for hydroxylation is 1. The van der Waals surface area contributed by atoms with E-state index in [0.717, 1.165) is 0 Å². The Morgan fingerprint density at radius 3 is 2.85 bits per heavy atom. The fourth-order valence-electron chi connectivity index (χ4n) is 1.08. The molecule has 1 rings (SSSR count). The Morgan fingerprint density at radius 2 is 2.38 bits per heavy atom. The molecule has 1 aromatic rings. The number of methoxy groups -OCH3 is 1. The van der Waals surface area contributed by atoms with Crippen LogP contribution in [0.2, 0.25) is 0 Å². The molecule has 5 nitrogen and oxygen atoms in total. The predicted molar refractivity (Wildman–Crippen MR) is 47.7 cm³/mol. The maximum absolute atomic E-state index is 11.5. The topological polar surface area (TPSA) is 70.1 Å². The van der Waals surface area contributed by atoms with Gasteiger partial charge in [-0.25, -0.2) is 4.68 Å². The Hall–Kier alpha value is -1.36. The fourth-order valence-corrected chi connectivity index (χ4v) is 1.08. The van der Waals surface area contributed by atoms with Gasteiger partial charge in [0.1, 0.15) is 5.56 Å². The van der Waals surface area contributed by atoms with E-state index in [9.17, 15) is 4.79 Å². The molecule has 0 saturated heterocycles. The van der Waals surface area contributed by atoms with E-state index in [1.807, 2.05) is 0 Å². The molecule has 0 saturated carbocycles. The number of carbonyl (C=O) groups is 1. The molecule has 1 unspecified atom stereocenters. The summed E-state index contributed by atoms with van der Waals surface area (Å²) in [7, 11) is 3.20. The molecular weight excluding hydrogens is 170 g/mol. The zero-order valence-corrected chi connectivity index (χ0v) is 7.94. The first-order chi connectivity index (χ1) is 6.07. The quantitative estimate of drug-likeness (QED) is 0.667. The van der Waals surface area contributed by atoms with Crippen molar-refractivity contribution in [2.24, 2.45) is 12.8 Å². The zero-order valence-electron chi connectivity index (χ0n) is 7.94. The van der Waals surface area contributed by atoms with Crippen LogP contribution < -0.4 is 10.5 Å². The number of Topliss-reactive ketones (excluding diaryl/α,β-unsaturated/α-hetero) is 1. The van der Waals surface area contributed by atoms with Crippen LogP contribution in [0.15, 0.2) is 6.20 Å². The highest BCUT2D eigenvalue weighted by Gasteiger charge is 2.19. The third-order valence-electron chi connectivity index (χ3n) is 1.76. The lowest BCUT2D eigenvalue weighted by molar-refractivity contribution is 0.0964. The highest BCUT2D eigenvalue weighted by Crippen LogP contribution is 2.17. The summed E-state index contributed by atoms with van der Waals surface area (Å²) in [6.07, 6.45) is 1.46. The summed E-state index contributed by atoms with van der Waals surface area (Å²) in [5.74, 6) is 0.284. The molecule has 0 aromatic carbocycles. The second-order valence-corrected chi connectivity index (χ2v) is 2.84. The minimum Gasteiger partial charge on any atom is -0.481 e. The third kappa shape index (κ3) is 1.70. The number of nitrogens with zero attached hydrogens (tertiary/aromatic N) is 2. The normalized spacial score (nSPS) is 12.6. The number of nitrogens with two attached hydrogens (primary N) is 1. The van der Waals surface area contributed by atoms with E-state index in [-0.39, 0.29) is 5.78 Å². The second-order valence-electron chi connectivity index (χ2n) is 2.84. The average molecular weight is 183 g/mol. The van der Waals surface area contributed by atoms with Crippen LogP contribution in [0, 0.1) is 0 Å². The molecule has 72 valence electrons. The molecule has 0 fully saturated rings. The first kappa shape index (κ1) is 9.73. The molecule has 0 aliphatic heterocycles. The molecule has 0 spiro atoms. The van der Waals surface area contributed by atoms with E-state index >= 15 is 0 Å². The van der Waals surface area contributed by atoms with Crippen LogP contribution >= 0.6 is 0 Å². The molecule has 0 bridgehead atoms. The van der Waals surface area contributed by atoms with Gasteiger partial charge >= 0.3 is 0 Å². The van der Waals surface area contributed by atoms with Gasteiger partial charge < -0.3 is 10.5 Å². The van der Waals surface area contributed by atoms with E-state index in [4.69, 9.17) is 10.5 Å². The molecule has 1 atom stereocenters. The van der Waals surface area contributed by atoms with E-state index < -0.39 is 6.04 Å². The summed E-state index contributed by atoms with van der Waals surface area (Å²) >= 11 is 0. The van der Waals surface area contributed by atoms with Gasteiger partial charge in [-0.05, 0) is 6.92 Å². The number of ketones is 1. The standard InChI is InChI=1S/C8H13N3O2/c1-5(9)7(12)6-4-10-11(2)8(6)13-3/h4-5H,9H2,1-3H3.